The Morgan fingerprint density at radius 2 is 2.06 bits per heavy atom. The van der Waals surface area contributed by atoms with Gasteiger partial charge in [-0.3, -0.25) is 0 Å². The van der Waals surface area contributed by atoms with E-state index in [0.717, 1.165) is 10.6 Å². The fourth-order valence-electron chi connectivity index (χ4n) is 1.21. The average molecular weight is 237 g/mol. The predicted octanol–water partition coefficient (Wildman–Crippen LogP) is 0.522. The van der Waals surface area contributed by atoms with Gasteiger partial charge in [0.05, 0.1) is 0 Å². The summed E-state index contributed by atoms with van der Waals surface area (Å²) < 4.78 is 9.46. The quantitative estimate of drug-likeness (QED) is 0.746. The zero-order valence-electron chi connectivity index (χ0n) is 8.83. The Kier molecular flexibility index (Phi) is 3.10. The summed E-state index contributed by atoms with van der Waals surface area (Å²) in [7, 11) is 0. The molecule has 0 radical (unpaired) electrons. The van der Waals surface area contributed by atoms with Crippen molar-refractivity contribution in [3.8, 4) is 0 Å². The molecule has 1 heterocycles. The third-order valence-corrected chi connectivity index (χ3v) is 2.05. The van der Waals surface area contributed by atoms with Crippen LogP contribution in [0.2, 0.25) is 0 Å². The lowest BCUT2D eigenvalue weighted by Crippen LogP contribution is -2.21. The first kappa shape index (κ1) is 11.2. The van der Waals surface area contributed by atoms with Crippen molar-refractivity contribution in [3.05, 3.63) is 35.9 Å². The Bertz CT molecular complexity index is 423. The van der Waals surface area contributed by atoms with Crippen molar-refractivity contribution in [2.24, 2.45) is 5.73 Å². The second-order valence-corrected chi connectivity index (χ2v) is 3.33. The van der Waals surface area contributed by atoms with Crippen LogP contribution in [-0.2, 0) is 16.1 Å². The molecule has 90 valence electrons. The highest BCUT2D eigenvalue weighted by Gasteiger charge is 2.42. The molecule has 17 heavy (non-hydrogen) atoms. The van der Waals surface area contributed by atoms with Crippen LogP contribution < -0.4 is 11.2 Å². The Morgan fingerprint density at radius 1 is 1.35 bits per heavy atom. The monoisotopic (exact) mass is 237 g/mol. The number of carbonyl (C=O) groups is 2. The number of carbonyl (C=O) groups excluding carboxylic acids is 2. The zero-order valence-corrected chi connectivity index (χ0v) is 8.83. The van der Waals surface area contributed by atoms with Crippen molar-refractivity contribution < 1.29 is 19.1 Å². The van der Waals surface area contributed by atoms with Gasteiger partial charge in [0.1, 0.15) is 6.61 Å². The predicted molar refractivity (Wildman–Crippen MR) is 56.1 cm³/mol. The molecule has 7 nitrogen and oxygen atoms in total. The van der Waals surface area contributed by atoms with Gasteiger partial charge in [-0.25, -0.2) is 9.59 Å². The molecule has 2 amide bonds. The van der Waals surface area contributed by atoms with Crippen molar-refractivity contribution in [2.75, 3.05) is 0 Å². The third kappa shape index (κ3) is 3.08. The molecule has 0 aromatic heterocycles. The minimum Gasteiger partial charge on any atom is -0.443 e. The lowest BCUT2D eigenvalue weighted by Gasteiger charge is -2.04. The second-order valence-electron chi connectivity index (χ2n) is 3.33. The molecule has 0 bridgehead atoms. The van der Waals surface area contributed by atoms with Crippen LogP contribution in [0, 0.1) is 0 Å². The number of hydrogen-bond donors (Lipinski definition) is 2. The van der Waals surface area contributed by atoms with E-state index in [2.05, 4.69) is 10.2 Å². The van der Waals surface area contributed by atoms with Crippen LogP contribution in [0.1, 0.15) is 5.56 Å². The van der Waals surface area contributed by atoms with Crippen molar-refractivity contribution in [2.45, 2.75) is 13.0 Å². The molecule has 1 aromatic rings. The fraction of sp³-hybridized carbons (Fsp3) is 0.200. The van der Waals surface area contributed by atoms with E-state index in [0.29, 0.717) is 0 Å². The molecule has 1 unspecified atom stereocenters. The lowest BCUT2D eigenvalue weighted by molar-refractivity contribution is 0.0943. The number of primary amides is 1. The maximum Gasteiger partial charge on any atom is 0.429 e. The van der Waals surface area contributed by atoms with E-state index in [4.69, 9.17) is 10.5 Å². The molecule has 7 heteroatoms. The Labute approximate surface area is 97.1 Å². The summed E-state index contributed by atoms with van der Waals surface area (Å²) in [5.41, 5.74) is 8.12. The van der Waals surface area contributed by atoms with Crippen LogP contribution in [0.4, 0.5) is 9.59 Å². The number of rotatable bonds is 3. The van der Waals surface area contributed by atoms with Gasteiger partial charge >= 0.3 is 12.2 Å². The van der Waals surface area contributed by atoms with Gasteiger partial charge in [0.2, 0.25) is 0 Å². The highest BCUT2D eigenvalue weighted by Crippen LogP contribution is 2.13. The van der Waals surface area contributed by atoms with Crippen LogP contribution in [0.5, 0.6) is 0 Å². The number of nitrogens with one attached hydrogen (secondary N) is 1. The first-order valence-corrected chi connectivity index (χ1v) is 4.89. The van der Waals surface area contributed by atoms with Gasteiger partial charge in [-0.15, -0.1) is 0 Å². The van der Waals surface area contributed by atoms with E-state index in [1.165, 1.54) is 0 Å². The number of nitrogens with zero attached hydrogens (tertiary/aromatic N) is 1. The summed E-state index contributed by atoms with van der Waals surface area (Å²) in [6.07, 6.45) is -2.41. The van der Waals surface area contributed by atoms with Crippen molar-refractivity contribution >= 4 is 12.2 Å². The molecule has 0 saturated carbocycles. The molecule has 1 aliphatic heterocycles. The molecule has 1 fully saturated rings. The van der Waals surface area contributed by atoms with Gasteiger partial charge in [0, 0.05) is 0 Å². The first-order chi connectivity index (χ1) is 8.16. The van der Waals surface area contributed by atoms with Gasteiger partial charge < -0.3 is 15.2 Å². The van der Waals surface area contributed by atoms with Gasteiger partial charge in [-0.1, -0.05) is 30.3 Å². The van der Waals surface area contributed by atoms with E-state index < -0.39 is 18.5 Å². The topological polar surface area (TPSA) is 104 Å². The molecule has 0 spiro atoms. The zero-order chi connectivity index (χ0) is 12.3. The van der Waals surface area contributed by atoms with Gasteiger partial charge in [-0.2, -0.15) is 10.4 Å². The highest BCUT2D eigenvalue weighted by atomic mass is 16.6. The normalized spacial score (nSPS) is 17.4. The van der Waals surface area contributed by atoms with Crippen molar-refractivity contribution in [1.82, 2.24) is 10.4 Å². The molecule has 1 atom stereocenters. The van der Waals surface area contributed by atoms with E-state index in [1.54, 1.807) is 0 Å². The summed E-state index contributed by atoms with van der Waals surface area (Å²) in [6.45, 7) is 0.154. The van der Waals surface area contributed by atoms with E-state index in [9.17, 15) is 9.59 Å². The molecule has 3 N–H and O–H groups in total. The molecular formula is C10H11N3O4. The number of ether oxygens (including phenoxy) is 2. The lowest BCUT2D eigenvalue weighted by atomic mass is 10.2. The summed E-state index contributed by atoms with van der Waals surface area (Å²) >= 11 is 0. The van der Waals surface area contributed by atoms with Gasteiger partial charge in [0.15, 0.2) is 0 Å². The average Bonchev–Trinajstić information content (AvgIpc) is 3.06. The van der Waals surface area contributed by atoms with Crippen LogP contribution in [-0.4, -0.2) is 23.5 Å². The summed E-state index contributed by atoms with van der Waals surface area (Å²) in [4.78, 5) is 21.8. The van der Waals surface area contributed by atoms with Crippen LogP contribution in [0.15, 0.2) is 30.3 Å². The molecule has 0 aliphatic carbocycles. The molecule has 1 aromatic carbocycles. The van der Waals surface area contributed by atoms with E-state index in [1.807, 2.05) is 30.3 Å². The largest absolute Gasteiger partial charge is 0.443 e. The van der Waals surface area contributed by atoms with Gasteiger partial charge in [-0.05, 0) is 5.56 Å². The fourth-order valence-corrected chi connectivity index (χ4v) is 1.21. The SMILES string of the molecule is NC(=O)OC1NN1C(=O)OCc1ccccc1. The molecule has 2 rings (SSSR count). The van der Waals surface area contributed by atoms with Crippen LogP contribution in [0.3, 0.4) is 0 Å². The minimum atomic E-state index is -0.958. The van der Waals surface area contributed by atoms with E-state index >= 15 is 0 Å². The Morgan fingerprint density at radius 3 is 2.71 bits per heavy atom. The molecule has 1 aliphatic rings. The standard InChI is InChI=1S/C10H11N3O4/c11-8(14)17-9-12-13(9)10(15)16-6-7-4-2-1-3-5-7/h1-5,9,12H,6H2,(H2,11,14). The van der Waals surface area contributed by atoms with Gasteiger partial charge in [0.25, 0.3) is 6.35 Å². The molecule has 1 saturated heterocycles. The summed E-state index contributed by atoms with van der Waals surface area (Å²) in [5, 5.41) is 1.02. The Balaban J connectivity index is 1.74. The number of hydrazine groups is 1. The second kappa shape index (κ2) is 4.71. The van der Waals surface area contributed by atoms with Crippen LogP contribution in [0.25, 0.3) is 0 Å². The number of amides is 2. The summed E-state index contributed by atoms with van der Waals surface area (Å²) in [6, 6.07) is 9.23. The number of hydrogen-bond acceptors (Lipinski definition) is 5. The Hall–Kier alpha value is -2.28. The maximum atomic E-state index is 11.4. The maximum absolute atomic E-state index is 11.4. The number of benzene rings is 1. The number of nitrogens with two attached hydrogens (primary N) is 1. The van der Waals surface area contributed by atoms with Crippen LogP contribution >= 0.6 is 0 Å². The first-order valence-electron chi connectivity index (χ1n) is 4.89. The smallest absolute Gasteiger partial charge is 0.429 e. The van der Waals surface area contributed by atoms with Crippen molar-refractivity contribution in [3.63, 3.8) is 0 Å². The third-order valence-electron chi connectivity index (χ3n) is 2.05. The van der Waals surface area contributed by atoms with E-state index in [-0.39, 0.29) is 6.61 Å². The minimum absolute atomic E-state index is 0.154. The molecular weight excluding hydrogens is 226 g/mol. The summed E-state index contributed by atoms with van der Waals surface area (Å²) in [5.74, 6) is 0. The highest BCUT2D eigenvalue weighted by molar-refractivity contribution is 5.71. The van der Waals surface area contributed by atoms with Crippen molar-refractivity contribution in [1.29, 1.82) is 0 Å².